The fourth-order valence-electron chi connectivity index (χ4n) is 12.2. The summed E-state index contributed by atoms with van der Waals surface area (Å²) in [4.78, 5) is 9.72. The van der Waals surface area contributed by atoms with Gasteiger partial charge in [-0.3, -0.25) is 0 Å². The number of fused-ring (bicyclic) bond motifs is 8. The van der Waals surface area contributed by atoms with Crippen molar-refractivity contribution in [2.24, 2.45) is 7.05 Å². The Labute approximate surface area is 461 Å². The van der Waals surface area contributed by atoms with Crippen LogP contribution in [0.1, 0.15) is 22.3 Å². The third-order valence-corrected chi connectivity index (χ3v) is 15.5. The molecule has 0 fully saturated rings. The standard InChI is InChI=1S/C70H46N5O.Pt/c1-72-64-37-18-16-35-62(64)71-69(72)75-63-36-17-13-32-56(63)57-41-40-53(45-67(57)75)76-52-29-21-28-51(44-52)73-46-74(66-39-20-19-38-65(66)73)68-58(47-22-5-2-6-23-47)42-50(43-59(68)48-24-7-3-8-25-48)70(49-26-9-4-10-27-49)60-33-14-11-30-54(60)55-31-12-15-34-61(55)70;/h2-43,46H,1H3;/q-3;. The third kappa shape index (κ3) is 7.24. The molecule has 0 spiro atoms. The summed E-state index contributed by atoms with van der Waals surface area (Å²) in [6.45, 7) is 2.22. The molecule has 0 unspecified atom stereocenters. The molecule has 0 saturated carbocycles. The molecule has 1 aliphatic heterocycles. The summed E-state index contributed by atoms with van der Waals surface area (Å²) < 4.78 is 11.1. The topological polar surface area (TPSA) is 38.5 Å². The number of para-hydroxylation sites is 5. The molecule has 3 heterocycles. The molecular weight excluding hydrogens is 1120 g/mol. The molecule has 0 N–H and O–H groups in total. The summed E-state index contributed by atoms with van der Waals surface area (Å²) >= 11 is 0. The average molecular weight is 1170 g/mol. The molecule has 15 rings (SSSR count). The van der Waals surface area contributed by atoms with Crippen LogP contribution in [0.15, 0.2) is 255 Å². The summed E-state index contributed by atoms with van der Waals surface area (Å²) in [5.41, 5.74) is 19.3. The molecule has 77 heavy (non-hydrogen) atoms. The molecule has 13 aromatic rings. The van der Waals surface area contributed by atoms with Crippen molar-refractivity contribution in [1.29, 1.82) is 0 Å². The van der Waals surface area contributed by atoms with Gasteiger partial charge in [-0.25, -0.2) is 4.98 Å². The minimum atomic E-state index is -0.612. The maximum absolute atomic E-state index is 6.77. The van der Waals surface area contributed by atoms with Gasteiger partial charge < -0.3 is 23.7 Å². The van der Waals surface area contributed by atoms with Gasteiger partial charge in [-0.2, -0.15) is 12.1 Å². The van der Waals surface area contributed by atoms with Crippen LogP contribution < -0.4 is 14.5 Å². The molecule has 1 aliphatic carbocycles. The van der Waals surface area contributed by atoms with Crippen molar-refractivity contribution in [3.63, 3.8) is 0 Å². The van der Waals surface area contributed by atoms with Gasteiger partial charge in [-0.1, -0.05) is 188 Å². The average Bonchev–Trinajstić information content (AvgIpc) is 4.44. The van der Waals surface area contributed by atoms with Crippen molar-refractivity contribution in [1.82, 2.24) is 14.1 Å². The quantitative estimate of drug-likeness (QED) is 0.135. The van der Waals surface area contributed by atoms with Crippen LogP contribution >= 0.6 is 0 Å². The predicted octanol–water partition coefficient (Wildman–Crippen LogP) is 17.2. The van der Waals surface area contributed by atoms with Crippen molar-refractivity contribution in [3.05, 3.63) is 296 Å². The van der Waals surface area contributed by atoms with Crippen LogP contribution in [0, 0.1) is 18.8 Å². The van der Waals surface area contributed by atoms with Gasteiger partial charge in [0.15, 0.2) is 0 Å². The molecule has 0 atom stereocenters. The molecule has 0 radical (unpaired) electrons. The fourth-order valence-corrected chi connectivity index (χ4v) is 12.2. The van der Waals surface area contributed by atoms with Crippen molar-refractivity contribution in [2.75, 3.05) is 9.80 Å². The van der Waals surface area contributed by atoms with E-state index in [0.29, 0.717) is 11.5 Å². The maximum atomic E-state index is 6.77. The second-order valence-electron chi connectivity index (χ2n) is 19.6. The van der Waals surface area contributed by atoms with Gasteiger partial charge in [-0.15, -0.1) is 48.1 Å². The Balaban J connectivity index is 0.00000540. The normalized spacial score (nSPS) is 13.2. The van der Waals surface area contributed by atoms with Crippen LogP contribution in [0.3, 0.4) is 0 Å². The number of hydrogen-bond donors (Lipinski definition) is 0. The van der Waals surface area contributed by atoms with E-state index in [1.165, 1.54) is 33.4 Å². The molecule has 7 heteroatoms. The van der Waals surface area contributed by atoms with Gasteiger partial charge in [-0.05, 0) is 92.4 Å². The van der Waals surface area contributed by atoms with Gasteiger partial charge in [0.25, 0.3) is 0 Å². The van der Waals surface area contributed by atoms with Crippen molar-refractivity contribution < 1.29 is 25.8 Å². The minimum absolute atomic E-state index is 0. The van der Waals surface area contributed by atoms with Crippen molar-refractivity contribution in [2.45, 2.75) is 5.41 Å². The Morgan fingerprint density at radius 3 is 1.69 bits per heavy atom. The first-order chi connectivity index (χ1) is 37.6. The summed E-state index contributed by atoms with van der Waals surface area (Å²) in [7, 11) is 2.07. The Bertz CT molecular complexity index is 4290. The zero-order chi connectivity index (χ0) is 50.3. The third-order valence-electron chi connectivity index (χ3n) is 15.5. The van der Waals surface area contributed by atoms with E-state index in [2.05, 4.69) is 275 Å². The molecule has 6 nitrogen and oxygen atoms in total. The zero-order valence-corrected chi connectivity index (χ0v) is 44.1. The number of aryl methyl sites for hydroxylation is 1. The van der Waals surface area contributed by atoms with Crippen LogP contribution in [0.5, 0.6) is 11.5 Å². The largest absolute Gasteiger partial charge is 0.509 e. The Morgan fingerprint density at radius 1 is 0.455 bits per heavy atom. The van der Waals surface area contributed by atoms with E-state index in [9.17, 15) is 0 Å². The fraction of sp³-hybridized carbons (Fsp3) is 0.0286. The van der Waals surface area contributed by atoms with Crippen LogP contribution in [0.2, 0.25) is 0 Å². The molecule has 11 aromatic carbocycles. The number of ether oxygens (including phenoxy) is 1. The molecule has 0 amide bonds. The van der Waals surface area contributed by atoms with Gasteiger partial charge in [0.05, 0.1) is 16.4 Å². The first kappa shape index (κ1) is 46.3. The van der Waals surface area contributed by atoms with E-state index in [-0.39, 0.29) is 21.1 Å². The van der Waals surface area contributed by atoms with Crippen LogP contribution in [0.25, 0.3) is 72.2 Å². The van der Waals surface area contributed by atoms with E-state index < -0.39 is 5.41 Å². The predicted molar refractivity (Wildman–Crippen MR) is 309 cm³/mol. The summed E-state index contributed by atoms with van der Waals surface area (Å²) in [5, 5.41) is 2.20. The second kappa shape index (κ2) is 18.6. The number of benzene rings is 11. The number of hydrogen-bond acceptors (Lipinski definition) is 4. The monoisotopic (exact) mass is 1170 g/mol. The zero-order valence-electron chi connectivity index (χ0n) is 41.8. The van der Waals surface area contributed by atoms with Crippen LogP contribution in [0.4, 0.5) is 22.7 Å². The Hall–Kier alpha value is -9.22. The van der Waals surface area contributed by atoms with Crippen LogP contribution in [-0.2, 0) is 33.5 Å². The summed E-state index contributed by atoms with van der Waals surface area (Å²) in [6.07, 6.45) is 0. The smallest absolute Gasteiger partial charge is 0.213 e. The Morgan fingerprint density at radius 2 is 1.01 bits per heavy atom. The number of anilines is 4. The van der Waals surface area contributed by atoms with Gasteiger partial charge in [0, 0.05) is 73.3 Å². The Kier molecular flexibility index (Phi) is 11.2. The summed E-state index contributed by atoms with van der Waals surface area (Å²) in [5.74, 6) is 1.97. The number of imidazole rings is 1. The second-order valence-corrected chi connectivity index (χ2v) is 19.6. The molecule has 0 bridgehead atoms. The van der Waals surface area contributed by atoms with Crippen molar-refractivity contribution in [3.8, 4) is 50.8 Å². The minimum Gasteiger partial charge on any atom is -0.509 e. The number of aromatic nitrogens is 3. The van der Waals surface area contributed by atoms with Gasteiger partial charge in [0.2, 0.25) is 5.95 Å². The van der Waals surface area contributed by atoms with Gasteiger partial charge >= 0.3 is 0 Å². The maximum Gasteiger partial charge on any atom is 0.213 e. The van der Waals surface area contributed by atoms with E-state index in [0.717, 1.165) is 83.8 Å². The van der Waals surface area contributed by atoms with E-state index >= 15 is 0 Å². The molecule has 370 valence electrons. The molecular formula is C70H46N5OPt-3. The van der Waals surface area contributed by atoms with E-state index in [1.807, 2.05) is 24.3 Å². The number of rotatable bonds is 9. The number of nitrogens with zero attached hydrogens (tertiary/aromatic N) is 5. The summed E-state index contributed by atoms with van der Waals surface area (Å²) in [6, 6.07) is 98.6. The first-order valence-electron chi connectivity index (χ1n) is 25.8. The molecule has 2 aliphatic rings. The van der Waals surface area contributed by atoms with E-state index in [4.69, 9.17) is 9.72 Å². The van der Waals surface area contributed by atoms with Gasteiger partial charge in [0.1, 0.15) is 0 Å². The molecule has 0 saturated heterocycles. The van der Waals surface area contributed by atoms with E-state index in [1.54, 1.807) is 0 Å². The molecule has 2 aromatic heterocycles. The van der Waals surface area contributed by atoms with Crippen molar-refractivity contribution >= 4 is 55.6 Å². The van der Waals surface area contributed by atoms with Crippen LogP contribution in [-0.4, -0.2) is 14.1 Å². The first-order valence-corrected chi connectivity index (χ1v) is 25.8. The SMILES string of the molecule is Cn1c(-n2c3[c-]c(Oc4[c-]c(N5[CH-]N(c6c(-c7ccccc7)cc(C7(c8ccccc8)c8ccccc8-c8ccccc87)cc6-c6ccccc6)c6ccccc65)ccc4)ccc3c3ccccc32)nc2ccccc21.[Pt].